The fourth-order valence-corrected chi connectivity index (χ4v) is 6.12. The molecule has 0 saturated heterocycles. The van der Waals surface area contributed by atoms with Crippen LogP contribution in [-0.2, 0) is 33.4 Å². The Morgan fingerprint density at radius 1 is 0.778 bits per heavy atom. The molecular formula is C37H51NO6Si. The van der Waals surface area contributed by atoms with E-state index in [0.717, 1.165) is 22.4 Å². The van der Waals surface area contributed by atoms with E-state index < -0.39 is 44.0 Å². The number of ether oxygens (including phenoxy) is 2. The molecule has 45 heavy (non-hydrogen) atoms. The first-order chi connectivity index (χ1) is 21.0. The monoisotopic (exact) mass is 633 g/mol. The first kappa shape index (κ1) is 35.9. The van der Waals surface area contributed by atoms with Gasteiger partial charge in [0.05, 0.1) is 18.1 Å². The molecule has 3 atom stereocenters. The van der Waals surface area contributed by atoms with Crippen LogP contribution < -0.4 is 10.1 Å². The van der Waals surface area contributed by atoms with Crippen LogP contribution in [0.1, 0.15) is 64.7 Å². The van der Waals surface area contributed by atoms with Crippen molar-refractivity contribution < 1.29 is 28.6 Å². The highest BCUT2D eigenvalue weighted by Gasteiger charge is 2.42. The van der Waals surface area contributed by atoms with Crippen LogP contribution in [0.15, 0.2) is 84.9 Å². The summed E-state index contributed by atoms with van der Waals surface area (Å²) in [6.45, 7) is 16.7. The standard InChI is InChI=1S/C37H51NO6Si/c1-36(2,3)43-35(41)38-32(24-27-15-11-9-12-16-27)33(44-45(7,8)37(4,5)6)25-30(34(39)40)23-28-19-21-31(22-20-28)42-26-29-17-13-10-14-18-29/h9-22,30,32-33H,23-26H2,1-8H3,(H,38,41)(H,39,40)/t30-,32+,33+/m1/s1. The Morgan fingerprint density at radius 2 is 1.31 bits per heavy atom. The molecule has 1 amide bonds. The maximum Gasteiger partial charge on any atom is 0.407 e. The van der Waals surface area contributed by atoms with E-state index in [1.807, 2.05) is 106 Å². The second kappa shape index (κ2) is 15.6. The van der Waals surface area contributed by atoms with Gasteiger partial charge in [-0.3, -0.25) is 4.79 Å². The summed E-state index contributed by atoms with van der Waals surface area (Å²) in [5.74, 6) is -0.924. The third-order valence-corrected chi connectivity index (χ3v) is 12.7. The third kappa shape index (κ3) is 12.0. The summed E-state index contributed by atoms with van der Waals surface area (Å²) in [5.41, 5.74) is 2.29. The molecule has 0 bridgehead atoms. The van der Waals surface area contributed by atoms with Crippen molar-refractivity contribution in [2.45, 2.75) is 103 Å². The van der Waals surface area contributed by atoms with Gasteiger partial charge in [-0.05, 0) is 87.0 Å². The molecule has 8 heteroatoms. The number of carboxylic acids is 1. The van der Waals surface area contributed by atoms with Gasteiger partial charge < -0.3 is 24.3 Å². The summed E-state index contributed by atoms with van der Waals surface area (Å²) < 4.78 is 18.5. The van der Waals surface area contributed by atoms with Crippen LogP contribution in [-0.4, -0.2) is 43.2 Å². The zero-order chi connectivity index (χ0) is 33.3. The van der Waals surface area contributed by atoms with Crippen molar-refractivity contribution in [1.29, 1.82) is 0 Å². The molecule has 0 aromatic heterocycles. The lowest BCUT2D eigenvalue weighted by molar-refractivity contribution is -0.142. The Bertz CT molecular complexity index is 1350. The Morgan fingerprint density at radius 3 is 1.82 bits per heavy atom. The minimum absolute atomic E-state index is 0.122. The first-order valence-corrected chi connectivity index (χ1v) is 18.6. The van der Waals surface area contributed by atoms with Crippen LogP contribution in [0.4, 0.5) is 4.79 Å². The highest BCUT2D eigenvalue weighted by molar-refractivity contribution is 6.74. The van der Waals surface area contributed by atoms with Crippen LogP contribution in [0.5, 0.6) is 5.75 Å². The number of amides is 1. The fourth-order valence-electron chi connectivity index (χ4n) is 4.75. The number of nitrogens with one attached hydrogen (secondary N) is 1. The molecule has 0 fully saturated rings. The van der Waals surface area contributed by atoms with Crippen molar-refractivity contribution in [1.82, 2.24) is 5.32 Å². The van der Waals surface area contributed by atoms with Gasteiger partial charge in [0.1, 0.15) is 18.0 Å². The van der Waals surface area contributed by atoms with E-state index in [0.29, 0.717) is 19.4 Å². The zero-order valence-corrected chi connectivity index (χ0v) is 29.1. The molecule has 0 aliphatic rings. The predicted octanol–water partition coefficient (Wildman–Crippen LogP) is 8.43. The maximum absolute atomic E-state index is 13.1. The molecule has 0 spiro atoms. The van der Waals surface area contributed by atoms with Crippen LogP contribution >= 0.6 is 0 Å². The Balaban J connectivity index is 1.87. The minimum Gasteiger partial charge on any atom is -0.489 e. The lowest BCUT2D eigenvalue weighted by Gasteiger charge is -2.42. The van der Waals surface area contributed by atoms with E-state index in [2.05, 4.69) is 39.2 Å². The number of rotatable bonds is 14. The lowest BCUT2D eigenvalue weighted by atomic mass is 9.89. The van der Waals surface area contributed by atoms with Crippen LogP contribution in [0, 0.1) is 5.92 Å². The van der Waals surface area contributed by atoms with Gasteiger partial charge in [-0.25, -0.2) is 4.79 Å². The smallest absolute Gasteiger partial charge is 0.407 e. The fraction of sp³-hybridized carbons (Fsp3) is 0.459. The molecule has 0 aliphatic heterocycles. The number of benzene rings is 3. The van der Waals surface area contributed by atoms with Crippen LogP contribution in [0.2, 0.25) is 18.1 Å². The second-order valence-electron chi connectivity index (χ2n) is 14.3. The number of hydrogen-bond donors (Lipinski definition) is 2. The quantitative estimate of drug-likeness (QED) is 0.173. The molecule has 3 aromatic carbocycles. The topological polar surface area (TPSA) is 94.1 Å². The van der Waals surface area contributed by atoms with Crippen molar-refractivity contribution in [3.63, 3.8) is 0 Å². The molecule has 0 aliphatic carbocycles. The Labute approximate surface area is 270 Å². The number of alkyl carbamates (subject to hydrolysis) is 1. The zero-order valence-electron chi connectivity index (χ0n) is 28.1. The molecule has 3 rings (SSSR count). The van der Waals surface area contributed by atoms with Crippen molar-refractivity contribution >= 4 is 20.4 Å². The van der Waals surface area contributed by atoms with E-state index in [4.69, 9.17) is 13.9 Å². The van der Waals surface area contributed by atoms with E-state index in [1.54, 1.807) is 0 Å². The Hall–Kier alpha value is -3.62. The molecule has 0 radical (unpaired) electrons. The number of carboxylic acid groups (broad SMARTS) is 1. The van der Waals surface area contributed by atoms with E-state index >= 15 is 0 Å². The van der Waals surface area contributed by atoms with Crippen molar-refractivity contribution in [3.05, 3.63) is 102 Å². The van der Waals surface area contributed by atoms with E-state index in [1.165, 1.54) is 0 Å². The summed E-state index contributed by atoms with van der Waals surface area (Å²) in [5, 5.41) is 13.4. The summed E-state index contributed by atoms with van der Waals surface area (Å²) in [6.07, 6.45) is -0.102. The molecule has 7 nitrogen and oxygen atoms in total. The lowest BCUT2D eigenvalue weighted by Crippen LogP contribution is -2.54. The van der Waals surface area contributed by atoms with Crippen molar-refractivity contribution in [2.75, 3.05) is 0 Å². The van der Waals surface area contributed by atoms with Gasteiger partial charge in [-0.1, -0.05) is 93.6 Å². The van der Waals surface area contributed by atoms with Gasteiger partial charge in [0.2, 0.25) is 0 Å². The first-order valence-electron chi connectivity index (χ1n) is 15.7. The van der Waals surface area contributed by atoms with Crippen molar-refractivity contribution in [2.24, 2.45) is 5.92 Å². The van der Waals surface area contributed by atoms with Crippen molar-refractivity contribution in [3.8, 4) is 5.75 Å². The highest BCUT2D eigenvalue weighted by Crippen LogP contribution is 2.39. The molecule has 3 aromatic rings. The molecule has 0 heterocycles. The van der Waals surface area contributed by atoms with E-state index in [-0.39, 0.29) is 11.5 Å². The van der Waals surface area contributed by atoms with Gasteiger partial charge in [0.15, 0.2) is 8.32 Å². The molecule has 0 saturated carbocycles. The average molecular weight is 634 g/mol. The number of carbonyl (C=O) groups is 2. The predicted molar refractivity (Wildman–Crippen MR) is 182 cm³/mol. The summed E-state index contributed by atoms with van der Waals surface area (Å²) in [7, 11) is -2.39. The Kier molecular flexibility index (Phi) is 12.4. The summed E-state index contributed by atoms with van der Waals surface area (Å²) in [4.78, 5) is 25.8. The number of hydrogen-bond acceptors (Lipinski definition) is 5. The van der Waals surface area contributed by atoms with E-state index in [9.17, 15) is 14.7 Å². The van der Waals surface area contributed by atoms with Gasteiger partial charge in [-0.2, -0.15) is 0 Å². The molecular weight excluding hydrogens is 582 g/mol. The third-order valence-electron chi connectivity index (χ3n) is 8.22. The average Bonchev–Trinajstić information content (AvgIpc) is 2.95. The van der Waals surface area contributed by atoms with Gasteiger partial charge in [-0.15, -0.1) is 0 Å². The van der Waals surface area contributed by atoms with Crippen LogP contribution in [0.3, 0.4) is 0 Å². The molecule has 0 unspecified atom stereocenters. The van der Waals surface area contributed by atoms with Gasteiger partial charge in [0, 0.05) is 0 Å². The minimum atomic E-state index is -2.39. The van der Waals surface area contributed by atoms with Gasteiger partial charge >= 0.3 is 12.1 Å². The van der Waals surface area contributed by atoms with Crippen LogP contribution in [0.25, 0.3) is 0 Å². The number of carbonyl (C=O) groups excluding carboxylic acids is 1. The highest BCUT2D eigenvalue weighted by atomic mass is 28.4. The van der Waals surface area contributed by atoms with Gasteiger partial charge in [0.25, 0.3) is 0 Å². The molecule has 2 N–H and O–H groups in total. The molecule has 244 valence electrons. The number of aliphatic carboxylic acids is 1. The summed E-state index contributed by atoms with van der Waals surface area (Å²) >= 11 is 0. The normalized spacial score (nSPS) is 14.2. The maximum atomic E-state index is 13.1. The largest absolute Gasteiger partial charge is 0.489 e. The SMILES string of the molecule is CC(C)(C)OC(=O)N[C@@H](Cc1ccccc1)[C@H](C[C@@H](Cc1ccc(OCc2ccccc2)cc1)C(=O)O)O[Si](C)(C)C(C)(C)C. The second-order valence-corrected chi connectivity index (χ2v) is 19.0. The summed E-state index contributed by atoms with van der Waals surface area (Å²) in [6, 6.07) is 26.9.